The Labute approximate surface area is 258 Å². The molecule has 3 heterocycles. The third kappa shape index (κ3) is 5.66. The molecule has 2 aliphatic heterocycles. The van der Waals surface area contributed by atoms with Gasteiger partial charge in [-0.3, -0.25) is 0 Å². The fraction of sp³-hybridized carbons (Fsp3) is 0.267. The number of hydrazone groups is 1. The zero-order valence-electron chi connectivity index (χ0n) is 22.6. The minimum Gasteiger partial charge on any atom is -0.494 e. The summed E-state index contributed by atoms with van der Waals surface area (Å²) in [6.07, 6.45) is 3.29. The van der Waals surface area contributed by atoms with Gasteiger partial charge in [-0.25, -0.2) is 22.8 Å². The van der Waals surface area contributed by atoms with Crippen LogP contribution in [0.4, 0.5) is 9.52 Å². The van der Waals surface area contributed by atoms with Crippen molar-refractivity contribution in [2.45, 2.75) is 36.6 Å². The van der Waals surface area contributed by atoms with Gasteiger partial charge in [0.15, 0.2) is 11.6 Å². The number of halogens is 3. The molecule has 6 rings (SSSR count). The van der Waals surface area contributed by atoms with Crippen LogP contribution in [0.25, 0.3) is 11.3 Å². The van der Waals surface area contributed by atoms with E-state index >= 15 is 0 Å². The van der Waals surface area contributed by atoms with Gasteiger partial charge in [0, 0.05) is 46.1 Å². The van der Waals surface area contributed by atoms with Crippen molar-refractivity contribution in [1.82, 2.24) is 9.29 Å². The number of ether oxygens (including phenoxy) is 1. The molecule has 0 amide bonds. The molecule has 0 N–H and O–H groups in total. The Morgan fingerprint density at radius 2 is 1.71 bits per heavy atom. The molecule has 0 aliphatic carbocycles. The van der Waals surface area contributed by atoms with Crippen molar-refractivity contribution in [3.8, 4) is 17.0 Å². The molecule has 1 saturated heterocycles. The quantitative estimate of drug-likeness (QED) is 0.205. The van der Waals surface area contributed by atoms with Gasteiger partial charge in [-0.2, -0.15) is 9.41 Å². The van der Waals surface area contributed by atoms with Crippen LogP contribution in [0, 0.1) is 5.82 Å². The van der Waals surface area contributed by atoms with Crippen LogP contribution in [0.5, 0.6) is 5.75 Å². The van der Waals surface area contributed by atoms with Crippen LogP contribution in [0.2, 0.25) is 10.0 Å². The largest absolute Gasteiger partial charge is 0.494 e. The number of piperidine rings is 1. The molecule has 4 aromatic rings. The first kappa shape index (κ1) is 29.1. The molecule has 12 heteroatoms. The Morgan fingerprint density at radius 1 is 0.976 bits per heavy atom. The van der Waals surface area contributed by atoms with E-state index in [4.69, 9.17) is 38.0 Å². The second-order valence-corrected chi connectivity index (χ2v) is 13.7. The molecular formula is C30H27Cl2FN4O3S2. The summed E-state index contributed by atoms with van der Waals surface area (Å²) in [5.74, 6) is -0.315. The third-order valence-corrected chi connectivity index (χ3v) is 10.8. The van der Waals surface area contributed by atoms with Crippen molar-refractivity contribution >= 4 is 55.4 Å². The Morgan fingerprint density at radius 3 is 2.40 bits per heavy atom. The number of rotatable bonds is 7. The molecule has 1 unspecified atom stereocenters. The summed E-state index contributed by atoms with van der Waals surface area (Å²) in [5, 5.41) is 10.2. The normalized spacial score (nSPS) is 17.9. The molecule has 218 valence electrons. The SMILES string of the molecule is COc1ccc(C2=NN(c3nc(-c4ccc(S(=O)(=O)N5CCCCC5)cc4)cs3)C(c3ccc(Cl)cc3Cl)C2)cc1F. The Kier molecular flexibility index (Phi) is 8.26. The average molecular weight is 646 g/mol. The first-order valence-corrected chi connectivity index (χ1v) is 16.5. The molecule has 1 fully saturated rings. The summed E-state index contributed by atoms with van der Waals surface area (Å²) in [7, 11) is -2.10. The summed E-state index contributed by atoms with van der Waals surface area (Å²) in [6, 6.07) is 16.6. The van der Waals surface area contributed by atoms with Crippen molar-refractivity contribution in [2.24, 2.45) is 5.10 Å². The molecule has 7 nitrogen and oxygen atoms in total. The standard InChI is InChI=1S/C30H27Cl2FN4O3S2/c1-40-29-12-7-20(15-25(29)33)26-17-28(23-11-8-21(31)16-24(23)32)37(35-26)30-34-27(18-41-30)19-5-9-22(10-6-19)42(38,39)36-13-3-2-4-14-36/h5-12,15-16,18,28H,2-4,13-14,17H2,1H3. The fourth-order valence-electron chi connectivity index (χ4n) is 5.28. The summed E-state index contributed by atoms with van der Waals surface area (Å²) in [4.78, 5) is 5.13. The van der Waals surface area contributed by atoms with Crippen LogP contribution < -0.4 is 9.75 Å². The smallest absolute Gasteiger partial charge is 0.243 e. The van der Waals surface area contributed by atoms with E-state index in [2.05, 4.69) is 0 Å². The maximum atomic E-state index is 14.6. The summed E-state index contributed by atoms with van der Waals surface area (Å²) >= 11 is 14.2. The van der Waals surface area contributed by atoms with Gasteiger partial charge in [-0.05, 0) is 60.9 Å². The second-order valence-electron chi connectivity index (χ2n) is 10.1. The first-order valence-electron chi connectivity index (χ1n) is 13.5. The molecule has 0 bridgehead atoms. The van der Waals surface area contributed by atoms with Crippen LogP contribution in [-0.2, 0) is 10.0 Å². The highest BCUT2D eigenvalue weighted by molar-refractivity contribution is 7.89. The van der Waals surface area contributed by atoms with Crippen LogP contribution in [0.3, 0.4) is 0 Å². The predicted octanol–water partition coefficient (Wildman–Crippen LogP) is 7.79. The number of hydrogen-bond acceptors (Lipinski definition) is 7. The summed E-state index contributed by atoms with van der Waals surface area (Å²) in [6.45, 7) is 1.11. The fourth-order valence-corrected chi connectivity index (χ4v) is 8.16. The monoisotopic (exact) mass is 644 g/mol. The van der Waals surface area contributed by atoms with Gasteiger partial charge in [-0.15, -0.1) is 11.3 Å². The molecule has 2 aliphatic rings. The minimum atomic E-state index is -3.52. The van der Waals surface area contributed by atoms with Crippen LogP contribution >= 0.6 is 34.5 Å². The highest BCUT2D eigenvalue weighted by atomic mass is 35.5. The maximum Gasteiger partial charge on any atom is 0.243 e. The molecule has 0 saturated carbocycles. The van der Waals surface area contributed by atoms with Gasteiger partial charge in [0.2, 0.25) is 15.2 Å². The lowest BCUT2D eigenvalue weighted by molar-refractivity contribution is 0.346. The van der Waals surface area contributed by atoms with E-state index in [-0.39, 0.29) is 16.7 Å². The van der Waals surface area contributed by atoms with Gasteiger partial charge in [0.1, 0.15) is 0 Å². The number of anilines is 1. The van der Waals surface area contributed by atoms with Crippen LogP contribution in [-0.4, -0.2) is 43.6 Å². The van der Waals surface area contributed by atoms with Crippen molar-refractivity contribution in [2.75, 3.05) is 25.2 Å². The van der Waals surface area contributed by atoms with E-state index in [0.29, 0.717) is 51.7 Å². The summed E-state index contributed by atoms with van der Waals surface area (Å²) in [5.41, 5.74) is 3.61. The van der Waals surface area contributed by atoms with Gasteiger partial charge >= 0.3 is 0 Å². The molecule has 1 aromatic heterocycles. The number of nitrogens with zero attached hydrogens (tertiary/aromatic N) is 4. The van der Waals surface area contributed by atoms with Crippen LogP contribution in [0.1, 0.15) is 42.9 Å². The van der Waals surface area contributed by atoms with Crippen molar-refractivity contribution in [3.63, 3.8) is 0 Å². The highest BCUT2D eigenvalue weighted by Gasteiger charge is 2.33. The summed E-state index contributed by atoms with van der Waals surface area (Å²) < 4.78 is 47.4. The average Bonchev–Trinajstić information content (AvgIpc) is 3.66. The number of aromatic nitrogens is 1. The lowest BCUT2D eigenvalue weighted by Gasteiger charge is -2.25. The molecule has 0 radical (unpaired) electrons. The van der Waals surface area contributed by atoms with Crippen molar-refractivity contribution in [3.05, 3.63) is 93.0 Å². The Hall–Kier alpha value is -3.02. The molecule has 42 heavy (non-hydrogen) atoms. The van der Waals surface area contributed by atoms with E-state index in [1.54, 1.807) is 57.8 Å². The van der Waals surface area contributed by atoms with Gasteiger partial charge in [0.05, 0.1) is 29.5 Å². The Balaban J connectivity index is 1.32. The molecule has 0 spiro atoms. The second kappa shape index (κ2) is 11.9. The number of thiazole rings is 1. The lowest BCUT2D eigenvalue weighted by Crippen LogP contribution is -2.35. The lowest BCUT2D eigenvalue weighted by atomic mass is 9.98. The zero-order chi connectivity index (χ0) is 29.4. The number of benzene rings is 3. The number of methoxy groups -OCH3 is 1. The van der Waals surface area contributed by atoms with Crippen LogP contribution in [0.15, 0.2) is 76.0 Å². The molecular weight excluding hydrogens is 618 g/mol. The number of sulfonamides is 1. The predicted molar refractivity (Wildman–Crippen MR) is 166 cm³/mol. The van der Waals surface area contributed by atoms with E-state index in [0.717, 1.165) is 30.4 Å². The van der Waals surface area contributed by atoms with Crippen molar-refractivity contribution < 1.29 is 17.5 Å². The first-order chi connectivity index (χ1) is 20.2. The minimum absolute atomic E-state index is 0.158. The molecule has 1 atom stereocenters. The molecule has 3 aromatic carbocycles. The number of hydrogen-bond donors (Lipinski definition) is 0. The van der Waals surface area contributed by atoms with Crippen molar-refractivity contribution in [1.29, 1.82) is 0 Å². The maximum absolute atomic E-state index is 14.6. The van der Waals surface area contributed by atoms with E-state index in [1.165, 1.54) is 24.5 Å². The zero-order valence-corrected chi connectivity index (χ0v) is 25.8. The van der Waals surface area contributed by atoms with E-state index < -0.39 is 15.8 Å². The highest BCUT2D eigenvalue weighted by Crippen LogP contribution is 2.42. The van der Waals surface area contributed by atoms with E-state index in [1.807, 2.05) is 11.4 Å². The van der Waals surface area contributed by atoms with Gasteiger partial charge < -0.3 is 4.74 Å². The third-order valence-electron chi connectivity index (χ3n) is 7.51. The topological polar surface area (TPSA) is 75.1 Å². The van der Waals surface area contributed by atoms with E-state index in [9.17, 15) is 12.8 Å². The van der Waals surface area contributed by atoms with Gasteiger partial charge in [-0.1, -0.05) is 47.8 Å². The Bertz CT molecular complexity index is 1760. The van der Waals surface area contributed by atoms with Gasteiger partial charge in [0.25, 0.3) is 0 Å².